The molecule has 200 valence electrons. The van der Waals surface area contributed by atoms with Crippen molar-refractivity contribution in [3.63, 3.8) is 0 Å². The first-order valence-corrected chi connectivity index (χ1v) is 13.2. The van der Waals surface area contributed by atoms with Gasteiger partial charge >= 0.3 is 0 Å². The lowest BCUT2D eigenvalue weighted by Gasteiger charge is -2.04. The van der Waals surface area contributed by atoms with E-state index in [-0.39, 0.29) is 0 Å². The minimum Gasteiger partial charge on any atom is -0.336 e. The van der Waals surface area contributed by atoms with E-state index >= 15 is 0 Å². The molecule has 0 radical (unpaired) electrons. The lowest BCUT2D eigenvalue weighted by molar-refractivity contribution is 0.829. The molecule has 0 saturated carbocycles. The van der Waals surface area contributed by atoms with Gasteiger partial charge in [0, 0.05) is 25.7 Å². The first kappa shape index (κ1) is 26.4. The summed E-state index contributed by atoms with van der Waals surface area (Å²) in [6.07, 6.45) is 2.77. The maximum atomic E-state index is 6.09. The predicted molar refractivity (Wildman–Crippen MR) is 157 cm³/mol. The molecule has 40 heavy (non-hydrogen) atoms. The molecule has 2 heterocycles. The van der Waals surface area contributed by atoms with Crippen LogP contribution in [0.4, 0.5) is 0 Å². The molecule has 0 aliphatic carbocycles. The number of benzene rings is 4. The van der Waals surface area contributed by atoms with E-state index in [1.165, 1.54) is 22.3 Å². The first-order chi connectivity index (χ1) is 19.7. The van der Waals surface area contributed by atoms with E-state index < -0.39 is 0 Å². The third-order valence-corrected chi connectivity index (χ3v) is 6.49. The molecule has 0 amide bonds. The number of hydrogen-bond donors (Lipinski definition) is 2. The Labute approximate surface area is 233 Å². The smallest absolute Gasteiger partial charge is 0.156 e. The normalized spacial score (nSPS) is 10.6. The van der Waals surface area contributed by atoms with Gasteiger partial charge in [0.05, 0.1) is 0 Å². The first-order valence-electron chi connectivity index (χ1n) is 13.2. The second-order valence-electron chi connectivity index (χ2n) is 9.45. The lowest BCUT2D eigenvalue weighted by atomic mass is 10.1. The van der Waals surface area contributed by atoms with Gasteiger partial charge in [-0.15, -0.1) is 20.4 Å². The summed E-state index contributed by atoms with van der Waals surface area (Å²) in [5, 5.41) is 16.8. The maximum absolute atomic E-state index is 6.09. The van der Waals surface area contributed by atoms with E-state index in [4.69, 9.17) is 11.7 Å². The molecule has 6 aromatic rings. The highest BCUT2D eigenvalue weighted by Crippen LogP contribution is 2.12. The summed E-state index contributed by atoms with van der Waals surface area (Å²) < 4.78 is 3.19. The van der Waals surface area contributed by atoms with Crippen LogP contribution in [0, 0.1) is 0 Å². The van der Waals surface area contributed by atoms with Crippen LogP contribution in [0.25, 0.3) is 0 Å². The Balaban J connectivity index is 0.000000161. The van der Waals surface area contributed by atoms with Gasteiger partial charge < -0.3 is 11.7 Å². The lowest BCUT2D eigenvalue weighted by Crippen LogP contribution is -2.17. The van der Waals surface area contributed by atoms with Crippen molar-refractivity contribution in [1.29, 1.82) is 0 Å². The Bertz CT molecular complexity index is 1350. The SMILES string of the molecule is Nn1c(Cc2ccccc2)nnc1Cc1ccccc1.Nn1c(Cc2ccccc2)nnc1Cc1ccccc1. The number of nitrogens with zero attached hydrogens (tertiary/aromatic N) is 6. The highest BCUT2D eigenvalue weighted by molar-refractivity contribution is 5.23. The Kier molecular flexibility index (Phi) is 8.58. The van der Waals surface area contributed by atoms with E-state index in [1.54, 1.807) is 9.35 Å². The summed E-state index contributed by atoms with van der Waals surface area (Å²) in [5.41, 5.74) is 4.71. The van der Waals surface area contributed by atoms with Crippen LogP contribution in [-0.4, -0.2) is 29.7 Å². The quantitative estimate of drug-likeness (QED) is 0.284. The van der Waals surface area contributed by atoms with Gasteiger partial charge in [-0.25, -0.2) is 9.35 Å². The molecule has 0 unspecified atom stereocenters. The van der Waals surface area contributed by atoms with Crippen molar-refractivity contribution in [2.24, 2.45) is 0 Å². The Morgan fingerprint density at radius 1 is 0.350 bits per heavy atom. The van der Waals surface area contributed by atoms with E-state index in [0.29, 0.717) is 25.7 Å². The fraction of sp³-hybridized carbons (Fsp3) is 0.125. The minimum absolute atomic E-state index is 0.694. The zero-order chi connectivity index (χ0) is 27.6. The van der Waals surface area contributed by atoms with Crippen molar-refractivity contribution in [1.82, 2.24) is 29.7 Å². The van der Waals surface area contributed by atoms with Crippen LogP contribution < -0.4 is 11.7 Å². The summed E-state index contributed by atoms with van der Waals surface area (Å²) in [5.74, 6) is 15.3. The largest absolute Gasteiger partial charge is 0.336 e. The summed E-state index contributed by atoms with van der Waals surface area (Å²) in [6, 6.07) is 40.6. The second kappa shape index (κ2) is 13.0. The summed E-state index contributed by atoms with van der Waals surface area (Å²) in [4.78, 5) is 0. The monoisotopic (exact) mass is 528 g/mol. The molecular weight excluding hydrogens is 496 g/mol. The molecule has 2 aromatic heterocycles. The van der Waals surface area contributed by atoms with Gasteiger partial charge in [0.1, 0.15) is 0 Å². The second-order valence-corrected chi connectivity index (χ2v) is 9.45. The third-order valence-electron chi connectivity index (χ3n) is 6.49. The van der Waals surface area contributed by atoms with Crippen molar-refractivity contribution >= 4 is 0 Å². The molecule has 0 aliphatic rings. The van der Waals surface area contributed by atoms with Gasteiger partial charge in [0.25, 0.3) is 0 Å². The number of nitrogens with two attached hydrogens (primary N) is 2. The van der Waals surface area contributed by atoms with Crippen LogP contribution in [-0.2, 0) is 25.7 Å². The molecular formula is C32H32N8. The zero-order valence-electron chi connectivity index (χ0n) is 22.2. The predicted octanol–water partition coefficient (Wildman–Crippen LogP) is 4.35. The average Bonchev–Trinajstić information content (AvgIpc) is 3.52. The van der Waals surface area contributed by atoms with Crippen LogP contribution in [0.5, 0.6) is 0 Å². The minimum atomic E-state index is 0.694. The van der Waals surface area contributed by atoms with E-state index in [2.05, 4.69) is 68.9 Å². The summed E-state index contributed by atoms with van der Waals surface area (Å²) >= 11 is 0. The standard InChI is InChI=1S/2C16H16N4/c2*17-20-15(11-13-7-3-1-4-8-13)18-19-16(20)12-14-9-5-2-6-10-14/h2*1-10H,11-12,17H2. The fourth-order valence-electron chi connectivity index (χ4n) is 4.32. The highest BCUT2D eigenvalue weighted by atomic mass is 15.4. The molecule has 6 rings (SSSR count). The molecule has 0 spiro atoms. The fourth-order valence-corrected chi connectivity index (χ4v) is 4.32. The van der Waals surface area contributed by atoms with Crippen molar-refractivity contribution in [2.45, 2.75) is 25.7 Å². The van der Waals surface area contributed by atoms with Crippen molar-refractivity contribution in [3.05, 3.63) is 167 Å². The average molecular weight is 529 g/mol. The van der Waals surface area contributed by atoms with Crippen LogP contribution in [0.3, 0.4) is 0 Å². The summed E-state index contributed by atoms with van der Waals surface area (Å²) in [7, 11) is 0. The number of nitrogen functional groups attached to an aromatic ring is 2. The van der Waals surface area contributed by atoms with Gasteiger partial charge in [-0.3, -0.25) is 0 Å². The maximum Gasteiger partial charge on any atom is 0.156 e. The van der Waals surface area contributed by atoms with E-state index in [9.17, 15) is 0 Å². The number of rotatable bonds is 8. The Morgan fingerprint density at radius 2 is 0.550 bits per heavy atom. The van der Waals surface area contributed by atoms with Crippen LogP contribution in [0.2, 0.25) is 0 Å². The Morgan fingerprint density at radius 3 is 0.750 bits per heavy atom. The van der Waals surface area contributed by atoms with Crippen molar-refractivity contribution in [3.8, 4) is 0 Å². The zero-order valence-corrected chi connectivity index (χ0v) is 22.2. The molecule has 8 heteroatoms. The van der Waals surface area contributed by atoms with Gasteiger partial charge in [-0.2, -0.15) is 0 Å². The number of hydrogen-bond acceptors (Lipinski definition) is 6. The highest BCUT2D eigenvalue weighted by Gasteiger charge is 2.11. The van der Waals surface area contributed by atoms with Gasteiger partial charge in [-0.1, -0.05) is 121 Å². The van der Waals surface area contributed by atoms with Crippen molar-refractivity contribution in [2.75, 3.05) is 11.7 Å². The molecule has 4 N–H and O–H groups in total. The van der Waals surface area contributed by atoms with Crippen LogP contribution in [0.15, 0.2) is 121 Å². The number of aromatic nitrogens is 6. The third kappa shape index (κ3) is 6.99. The van der Waals surface area contributed by atoms with E-state index in [1.807, 2.05) is 72.8 Å². The molecule has 0 saturated heterocycles. The molecule has 8 nitrogen and oxygen atoms in total. The summed E-state index contributed by atoms with van der Waals surface area (Å²) in [6.45, 7) is 0. The van der Waals surface area contributed by atoms with Gasteiger partial charge in [0.2, 0.25) is 0 Å². The molecule has 0 bridgehead atoms. The molecule has 0 aliphatic heterocycles. The van der Waals surface area contributed by atoms with Crippen molar-refractivity contribution < 1.29 is 0 Å². The van der Waals surface area contributed by atoms with Gasteiger partial charge in [0.15, 0.2) is 23.3 Å². The molecule has 0 fully saturated rings. The molecule has 4 aromatic carbocycles. The topological polar surface area (TPSA) is 113 Å². The van der Waals surface area contributed by atoms with E-state index in [0.717, 1.165) is 23.3 Å². The van der Waals surface area contributed by atoms with Crippen LogP contribution >= 0.6 is 0 Å². The van der Waals surface area contributed by atoms with Crippen LogP contribution in [0.1, 0.15) is 45.6 Å². The molecule has 0 atom stereocenters. The van der Waals surface area contributed by atoms with Gasteiger partial charge in [-0.05, 0) is 22.3 Å². The Hall–Kier alpha value is -5.24.